The lowest BCUT2D eigenvalue weighted by molar-refractivity contribution is 0.0708. The van der Waals surface area contributed by atoms with Crippen LogP contribution in [-0.4, -0.2) is 32.5 Å². The van der Waals surface area contributed by atoms with Crippen molar-refractivity contribution in [3.8, 4) is 0 Å². The Hall–Kier alpha value is -2.96. The number of H-pyrrole nitrogens is 1. The Morgan fingerprint density at radius 1 is 1.31 bits per heavy atom. The Bertz CT molecular complexity index is 1000. The number of nitrogens with one attached hydrogen (secondary N) is 1. The summed E-state index contributed by atoms with van der Waals surface area (Å²) in [7, 11) is 0. The van der Waals surface area contributed by atoms with E-state index in [1.54, 1.807) is 23.2 Å². The number of amides is 1. The summed E-state index contributed by atoms with van der Waals surface area (Å²) >= 11 is 0. The SMILES string of the molecule is CC(C)(C)c1cc(C(=O)N2CCC[C@H]2c2ncc(Cc3ccc(F)cc3)o2)n[nH]1. The molecule has 1 fully saturated rings. The molecule has 0 radical (unpaired) electrons. The van der Waals surface area contributed by atoms with Crippen molar-refractivity contribution >= 4 is 5.91 Å². The third-order valence-corrected chi connectivity index (χ3v) is 5.27. The number of carbonyl (C=O) groups excluding carboxylic acids is 1. The largest absolute Gasteiger partial charge is 0.443 e. The molecule has 0 spiro atoms. The highest BCUT2D eigenvalue weighted by Gasteiger charge is 2.35. The van der Waals surface area contributed by atoms with E-state index >= 15 is 0 Å². The van der Waals surface area contributed by atoms with E-state index < -0.39 is 0 Å². The van der Waals surface area contributed by atoms with E-state index in [2.05, 4.69) is 36.0 Å². The zero-order chi connectivity index (χ0) is 20.6. The lowest BCUT2D eigenvalue weighted by Crippen LogP contribution is -2.31. The molecule has 0 bridgehead atoms. The van der Waals surface area contributed by atoms with Crippen molar-refractivity contribution in [2.45, 2.75) is 51.5 Å². The van der Waals surface area contributed by atoms with Crippen molar-refractivity contribution in [2.75, 3.05) is 6.54 Å². The first-order valence-corrected chi connectivity index (χ1v) is 9.87. The highest BCUT2D eigenvalue weighted by Crippen LogP contribution is 2.33. The molecule has 29 heavy (non-hydrogen) atoms. The van der Waals surface area contributed by atoms with Crippen LogP contribution < -0.4 is 0 Å². The second kappa shape index (κ2) is 7.46. The van der Waals surface area contributed by atoms with Gasteiger partial charge < -0.3 is 9.32 Å². The van der Waals surface area contributed by atoms with Crippen LogP contribution in [0.2, 0.25) is 0 Å². The van der Waals surface area contributed by atoms with Gasteiger partial charge in [0, 0.05) is 24.1 Å². The molecule has 3 heterocycles. The fourth-order valence-electron chi connectivity index (χ4n) is 3.59. The number of rotatable bonds is 4. The lowest BCUT2D eigenvalue weighted by atomic mass is 9.92. The van der Waals surface area contributed by atoms with Crippen LogP contribution in [0.4, 0.5) is 4.39 Å². The quantitative estimate of drug-likeness (QED) is 0.709. The summed E-state index contributed by atoms with van der Waals surface area (Å²) in [4.78, 5) is 19.2. The van der Waals surface area contributed by atoms with E-state index in [9.17, 15) is 9.18 Å². The fraction of sp³-hybridized carbons (Fsp3) is 0.409. The molecule has 0 unspecified atom stereocenters. The van der Waals surface area contributed by atoms with Crippen LogP contribution in [0.5, 0.6) is 0 Å². The molecular weight excluding hydrogens is 371 g/mol. The Kier molecular flexibility index (Phi) is 4.98. The van der Waals surface area contributed by atoms with Gasteiger partial charge in [0.05, 0.1) is 6.20 Å². The molecule has 1 aliphatic rings. The molecule has 4 rings (SSSR count). The smallest absolute Gasteiger partial charge is 0.275 e. The van der Waals surface area contributed by atoms with Crippen LogP contribution in [0, 0.1) is 5.82 Å². The number of nitrogens with zero attached hydrogens (tertiary/aromatic N) is 3. The van der Waals surface area contributed by atoms with Crippen molar-refractivity contribution in [2.24, 2.45) is 0 Å². The van der Waals surface area contributed by atoms with Crippen LogP contribution in [0.15, 0.2) is 40.9 Å². The molecule has 0 aliphatic carbocycles. The van der Waals surface area contributed by atoms with Crippen LogP contribution >= 0.6 is 0 Å². The highest BCUT2D eigenvalue weighted by atomic mass is 19.1. The fourth-order valence-corrected chi connectivity index (χ4v) is 3.59. The maximum Gasteiger partial charge on any atom is 0.275 e. The molecule has 1 aromatic carbocycles. The van der Waals surface area contributed by atoms with E-state index in [-0.39, 0.29) is 23.2 Å². The van der Waals surface area contributed by atoms with Gasteiger partial charge in [-0.2, -0.15) is 5.10 Å². The first-order valence-electron chi connectivity index (χ1n) is 9.87. The summed E-state index contributed by atoms with van der Waals surface area (Å²) in [5, 5.41) is 7.20. The van der Waals surface area contributed by atoms with Gasteiger partial charge in [0.2, 0.25) is 5.89 Å². The number of hydrogen-bond acceptors (Lipinski definition) is 4. The maximum atomic E-state index is 13.1. The number of carbonyl (C=O) groups is 1. The molecule has 1 N–H and O–H groups in total. The number of aromatic amines is 1. The van der Waals surface area contributed by atoms with Crippen molar-refractivity contribution in [1.29, 1.82) is 0 Å². The van der Waals surface area contributed by atoms with Gasteiger partial charge in [-0.05, 0) is 36.6 Å². The average Bonchev–Trinajstić information content (AvgIpc) is 3.42. The third kappa shape index (κ3) is 4.09. The predicted molar refractivity (Wildman–Crippen MR) is 106 cm³/mol. The minimum absolute atomic E-state index is 0.103. The van der Waals surface area contributed by atoms with Crippen molar-refractivity contribution < 1.29 is 13.6 Å². The third-order valence-electron chi connectivity index (χ3n) is 5.27. The number of oxazole rings is 1. The van der Waals surface area contributed by atoms with E-state index in [1.165, 1.54) is 12.1 Å². The maximum absolute atomic E-state index is 13.1. The van der Waals surface area contributed by atoms with Crippen molar-refractivity contribution in [1.82, 2.24) is 20.1 Å². The Morgan fingerprint density at radius 3 is 2.76 bits per heavy atom. The average molecular weight is 396 g/mol. The van der Waals surface area contributed by atoms with Gasteiger partial charge in [0.1, 0.15) is 23.3 Å². The normalized spacial score (nSPS) is 17.1. The Balaban J connectivity index is 1.50. The molecule has 0 saturated carbocycles. The van der Waals surface area contributed by atoms with E-state index in [0.717, 1.165) is 24.1 Å². The minimum atomic E-state index is -0.264. The zero-order valence-electron chi connectivity index (χ0n) is 16.9. The number of likely N-dealkylation sites (tertiary alicyclic amines) is 1. The summed E-state index contributed by atoms with van der Waals surface area (Å²) in [5.41, 5.74) is 2.18. The van der Waals surface area contributed by atoms with Gasteiger partial charge in [0.25, 0.3) is 5.91 Å². The van der Waals surface area contributed by atoms with Crippen molar-refractivity contribution in [3.05, 3.63) is 70.9 Å². The second-order valence-electron chi connectivity index (χ2n) is 8.54. The van der Waals surface area contributed by atoms with Gasteiger partial charge in [-0.1, -0.05) is 32.9 Å². The highest BCUT2D eigenvalue weighted by molar-refractivity contribution is 5.92. The lowest BCUT2D eigenvalue weighted by Gasteiger charge is -2.21. The number of benzene rings is 1. The first kappa shape index (κ1) is 19.4. The summed E-state index contributed by atoms with van der Waals surface area (Å²) < 4.78 is 19.0. The molecule has 6 nitrogen and oxygen atoms in total. The molecule has 3 aromatic rings. The Labute approximate surface area is 169 Å². The number of halogens is 1. The summed E-state index contributed by atoms with van der Waals surface area (Å²) in [6.07, 6.45) is 3.91. The van der Waals surface area contributed by atoms with E-state index in [0.29, 0.717) is 30.3 Å². The molecule has 1 saturated heterocycles. The molecule has 1 amide bonds. The predicted octanol–water partition coefficient (Wildman–Crippen LogP) is 4.40. The molecule has 1 atom stereocenters. The van der Waals surface area contributed by atoms with Gasteiger partial charge in [-0.15, -0.1) is 0 Å². The number of hydrogen-bond donors (Lipinski definition) is 1. The van der Waals surface area contributed by atoms with Crippen LogP contribution in [0.3, 0.4) is 0 Å². The van der Waals surface area contributed by atoms with Gasteiger partial charge in [-0.3, -0.25) is 9.89 Å². The summed E-state index contributed by atoms with van der Waals surface area (Å²) in [6.45, 7) is 6.87. The van der Waals surface area contributed by atoms with Gasteiger partial charge in [0.15, 0.2) is 0 Å². The van der Waals surface area contributed by atoms with Gasteiger partial charge >= 0.3 is 0 Å². The summed E-state index contributed by atoms with van der Waals surface area (Å²) in [5.74, 6) is 0.859. The van der Waals surface area contributed by atoms with Gasteiger partial charge in [-0.25, -0.2) is 9.37 Å². The number of aromatic nitrogens is 3. The molecular formula is C22H25FN4O2. The van der Waals surface area contributed by atoms with Crippen LogP contribution in [0.25, 0.3) is 0 Å². The van der Waals surface area contributed by atoms with Crippen LogP contribution in [0.1, 0.15) is 73.1 Å². The molecule has 7 heteroatoms. The molecule has 152 valence electrons. The topological polar surface area (TPSA) is 75.0 Å². The van der Waals surface area contributed by atoms with E-state index in [1.807, 2.05) is 6.07 Å². The molecule has 1 aliphatic heterocycles. The monoisotopic (exact) mass is 396 g/mol. The molecule has 2 aromatic heterocycles. The van der Waals surface area contributed by atoms with E-state index in [4.69, 9.17) is 4.42 Å². The Morgan fingerprint density at radius 2 is 2.07 bits per heavy atom. The minimum Gasteiger partial charge on any atom is -0.443 e. The first-order chi connectivity index (χ1) is 13.8. The summed E-state index contributed by atoms with van der Waals surface area (Å²) in [6, 6.07) is 7.95. The standard InChI is InChI=1S/C22H25FN4O2/c1-22(2,3)19-12-17(25-26-19)21(28)27-10-4-5-18(27)20-24-13-16(29-20)11-14-6-8-15(23)9-7-14/h6-9,12-13,18H,4-5,10-11H2,1-3H3,(H,25,26)/t18-/m0/s1. The van der Waals surface area contributed by atoms with Crippen LogP contribution in [-0.2, 0) is 11.8 Å². The van der Waals surface area contributed by atoms with Crippen molar-refractivity contribution in [3.63, 3.8) is 0 Å². The zero-order valence-corrected chi connectivity index (χ0v) is 16.9. The second-order valence-corrected chi connectivity index (χ2v) is 8.54.